The Morgan fingerprint density at radius 1 is 1.12 bits per heavy atom. The van der Waals surface area contributed by atoms with Crippen molar-refractivity contribution >= 4 is 16.0 Å². The number of ether oxygens (including phenoxy) is 3. The quantitative estimate of drug-likeness (QED) is 0.719. The Morgan fingerprint density at radius 2 is 1.81 bits per heavy atom. The van der Waals surface area contributed by atoms with Gasteiger partial charge in [0, 0.05) is 13.6 Å². The smallest absolute Gasteiger partial charge is 0.338 e. The highest BCUT2D eigenvalue weighted by Crippen LogP contribution is 2.33. The molecule has 8 heteroatoms. The Labute approximate surface area is 152 Å². The molecule has 0 aliphatic carbocycles. The van der Waals surface area contributed by atoms with Crippen molar-refractivity contribution in [3.63, 3.8) is 0 Å². The van der Waals surface area contributed by atoms with Gasteiger partial charge >= 0.3 is 5.97 Å². The third kappa shape index (κ3) is 3.66. The number of nitrogens with zero attached hydrogens (tertiary/aromatic N) is 1. The van der Waals surface area contributed by atoms with Crippen LogP contribution < -0.4 is 9.47 Å². The summed E-state index contributed by atoms with van der Waals surface area (Å²) in [6, 6.07) is 11.0. The largest absolute Gasteiger partial charge is 0.462 e. The number of fused-ring (bicyclic) bond motifs is 1. The molecule has 0 fully saturated rings. The number of carbonyl (C=O) groups is 1. The molecule has 0 bridgehead atoms. The van der Waals surface area contributed by atoms with Crippen LogP contribution in [0.4, 0.5) is 0 Å². The van der Waals surface area contributed by atoms with Crippen molar-refractivity contribution in [2.75, 3.05) is 20.4 Å². The molecule has 3 rings (SSSR count). The third-order valence-corrected chi connectivity index (χ3v) is 5.73. The van der Waals surface area contributed by atoms with Gasteiger partial charge in [-0.15, -0.1) is 0 Å². The van der Waals surface area contributed by atoms with Crippen LogP contribution in [0.3, 0.4) is 0 Å². The van der Waals surface area contributed by atoms with Crippen LogP contribution in [-0.2, 0) is 21.3 Å². The first-order chi connectivity index (χ1) is 12.4. The second-order valence-corrected chi connectivity index (χ2v) is 7.74. The minimum atomic E-state index is -3.70. The second-order valence-electron chi connectivity index (χ2n) is 5.69. The van der Waals surface area contributed by atoms with Crippen molar-refractivity contribution in [3.05, 3.63) is 53.6 Å². The Kier molecular flexibility index (Phi) is 5.15. The minimum Gasteiger partial charge on any atom is -0.462 e. The van der Waals surface area contributed by atoms with E-state index in [2.05, 4.69) is 0 Å². The van der Waals surface area contributed by atoms with Gasteiger partial charge in [0.2, 0.25) is 16.8 Å². The summed E-state index contributed by atoms with van der Waals surface area (Å²) in [6.07, 6.45) is 0. The van der Waals surface area contributed by atoms with Crippen LogP contribution in [-0.4, -0.2) is 39.1 Å². The standard InChI is InChI=1S/C18H19NO6S/c1-3-23-18(20)14-5-7-15(8-6-14)26(21,22)19(2)11-13-4-9-16-17(10-13)25-12-24-16/h4-10H,3,11-12H2,1-2H3. The molecular formula is C18H19NO6S. The molecule has 1 heterocycles. The third-order valence-electron chi connectivity index (χ3n) is 3.92. The van der Waals surface area contributed by atoms with Crippen LogP contribution in [0, 0.1) is 0 Å². The average molecular weight is 377 g/mol. The van der Waals surface area contributed by atoms with Crippen LogP contribution in [0.25, 0.3) is 0 Å². The van der Waals surface area contributed by atoms with E-state index in [-0.39, 0.29) is 24.8 Å². The van der Waals surface area contributed by atoms with Crippen molar-refractivity contribution in [2.45, 2.75) is 18.4 Å². The normalized spacial score (nSPS) is 13.0. The van der Waals surface area contributed by atoms with Crippen LogP contribution >= 0.6 is 0 Å². The lowest BCUT2D eigenvalue weighted by Gasteiger charge is -2.17. The molecule has 2 aromatic rings. The van der Waals surface area contributed by atoms with Crippen molar-refractivity contribution in [3.8, 4) is 11.5 Å². The molecule has 7 nitrogen and oxygen atoms in total. The van der Waals surface area contributed by atoms with Crippen molar-refractivity contribution in [1.29, 1.82) is 0 Å². The molecule has 0 saturated carbocycles. The number of hydrogen-bond acceptors (Lipinski definition) is 6. The molecule has 0 atom stereocenters. The lowest BCUT2D eigenvalue weighted by Crippen LogP contribution is -2.26. The fraction of sp³-hybridized carbons (Fsp3) is 0.278. The summed E-state index contributed by atoms with van der Waals surface area (Å²) in [4.78, 5) is 11.8. The number of rotatable bonds is 6. The van der Waals surface area contributed by atoms with Gasteiger partial charge in [-0.25, -0.2) is 13.2 Å². The molecule has 0 amide bonds. The van der Waals surface area contributed by atoms with E-state index in [9.17, 15) is 13.2 Å². The van der Waals surface area contributed by atoms with E-state index in [4.69, 9.17) is 14.2 Å². The van der Waals surface area contributed by atoms with Crippen LogP contribution in [0.15, 0.2) is 47.4 Å². The molecule has 1 aliphatic rings. The predicted octanol–water partition coefficient (Wildman–Crippen LogP) is 2.41. The minimum absolute atomic E-state index is 0.105. The Hall–Kier alpha value is -2.58. The summed E-state index contributed by atoms with van der Waals surface area (Å²) in [5, 5.41) is 0. The van der Waals surface area contributed by atoms with Gasteiger partial charge < -0.3 is 14.2 Å². The van der Waals surface area contributed by atoms with Gasteiger partial charge in [-0.3, -0.25) is 0 Å². The molecule has 0 saturated heterocycles. The maximum Gasteiger partial charge on any atom is 0.338 e. The zero-order chi connectivity index (χ0) is 18.7. The summed E-state index contributed by atoms with van der Waals surface area (Å²) in [6.45, 7) is 2.32. The topological polar surface area (TPSA) is 82.1 Å². The molecule has 0 N–H and O–H groups in total. The van der Waals surface area contributed by atoms with Gasteiger partial charge in [0.05, 0.1) is 17.1 Å². The van der Waals surface area contributed by atoms with E-state index in [1.807, 2.05) is 0 Å². The van der Waals surface area contributed by atoms with E-state index < -0.39 is 16.0 Å². The van der Waals surface area contributed by atoms with Gasteiger partial charge in [0.25, 0.3) is 0 Å². The predicted molar refractivity (Wildman–Crippen MR) is 93.6 cm³/mol. The number of sulfonamides is 1. The number of esters is 1. The average Bonchev–Trinajstić information content (AvgIpc) is 3.09. The van der Waals surface area contributed by atoms with Gasteiger partial charge in [0.15, 0.2) is 11.5 Å². The van der Waals surface area contributed by atoms with Crippen LogP contribution in [0.5, 0.6) is 11.5 Å². The molecule has 0 spiro atoms. The Morgan fingerprint density at radius 3 is 2.50 bits per heavy atom. The van der Waals surface area contributed by atoms with Crippen molar-refractivity contribution in [1.82, 2.24) is 4.31 Å². The molecule has 138 valence electrons. The second kappa shape index (κ2) is 7.35. The molecule has 0 aromatic heterocycles. The maximum atomic E-state index is 12.7. The van der Waals surface area contributed by atoms with E-state index in [1.54, 1.807) is 25.1 Å². The highest BCUT2D eigenvalue weighted by atomic mass is 32.2. The van der Waals surface area contributed by atoms with Gasteiger partial charge in [-0.2, -0.15) is 4.31 Å². The number of benzene rings is 2. The highest BCUT2D eigenvalue weighted by Gasteiger charge is 2.22. The first-order valence-corrected chi connectivity index (χ1v) is 9.48. The van der Waals surface area contributed by atoms with Crippen molar-refractivity contribution in [2.24, 2.45) is 0 Å². The van der Waals surface area contributed by atoms with E-state index in [0.29, 0.717) is 17.1 Å². The lowest BCUT2D eigenvalue weighted by atomic mass is 10.2. The van der Waals surface area contributed by atoms with Gasteiger partial charge in [0.1, 0.15) is 0 Å². The molecule has 0 radical (unpaired) electrons. The maximum absolute atomic E-state index is 12.7. The molecule has 0 unspecified atom stereocenters. The summed E-state index contributed by atoms with van der Waals surface area (Å²) in [5.74, 6) is 0.770. The summed E-state index contributed by atoms with van der Waals surface area (Å²) in [5.41, 5.74) is 1.09. The lowest BCUT2D eigenvalue weighted by molar-refractivity contribution is 0.0526. The van der Waals surface area contributed by atoms with Crippen LogP contribution in [0.1, 0.15) is 22.8 Å². The monoisotopic (exact) mass is 377 g/mol. The van der Waals surface area contributed by atoms with E-state index in [1.165, 1.54) is 35.6 Å². The van der Waals surface area contributed by atoms with E-state index in [0.717, 1.165) is 5.56 Å². The molecule has 1 aliphatic heterocycles. The molecule has 26 heavy (non-hydrogen) atoms. The Bertz CT molecular complexity index is 908. The number of carbonyl (C=O) groups excluding carboxylic acids is 1. The molecule has 2 aromatic carbocycles. The van der Waals surface area contributed by atoms with E-state index >= 15 is 0 Å². The number of hydrogen-bond donors (Lipinski definition) is 0. The highest BCUT2D eigenvalue weighted by molar-refractivity contribution is 7.89. The molecular weight excluding hydrogens is 358 g/mol. The first kappa shape index (κ1) is 18.2. The summed E-state index contributed by atoms with van der Waals surface area (Å²) >= 11 is 0. The summed E-state index contributed by atoms with van der Waals surface area (Å²) < 4.78 is 42.2. The zero-order valence-corrected chi connectivity index (χ0v) is 15.3. The van der Waals surface area contributed by atoms with Gasteiger partial charge in [-0.05, 0) is 48.9 Å². The first-order valence-electron chi connectivity index (χ1n) is 8.04. The van der Waals surface area contributed by atoms with Crippen LogP contribution in [0.2, 0.25) is 0 Å². The summed E-state index contributed by atoms with van der Waals surface area (Å²) in [7, 11) is -2.20. The Balaban J connectivity index is 1.75. The zero-order valence-electron chi connectivity index (χ0n) is 14.5. The van der Waals surface area contributed by atoms with Gasteiger partial charge in [-0.1, -0.05) is 6.07 Å². The van der Waals surface area contributed by atoms with Crippen molar-refractivity contribution < 1.29 is 27.4 Å². The SMILES string of the molecule is CCOC(=O)c1ccc(S(=O)(=O)N(C)Cc2ccc3c(c2)OCO3)cc1. The fourth-order valence-electron chi connectivity index (χ4n) is 2.54. The fourth-order valence-corrected chi connectivity index (χ4v) is 3.70.